The molecule has 0 radical (unpaired) electrons. The minimum absolute atomic E-state index is 0.450. The van der Waals surface area contributed by atoms with E-state index in [4.69, 9.17) is 10.5 Å². The third-order valence-corrected chi connectivity index (χ3v) is 2.51. The highest BCUT2D eigenvalue weighted by Crippen LogP contribution is 2.26. The van der Waals surface area contributed by atoms with Crippen LogP contribution in [-0.4, -0.2) is 9.78 Å². The number of aryl methyl sites for hydroxylation is 3. The van der Waals surface area contributed by atoms with Crippen LogP contribution in [0.2, 0.25) is 0 Å². The van der Waals surface area contributed by atoms with Crippen molar-refractivity contribution in [1.29, 1.82) is 0 Å². The van der Waals surface area contributed by atoms with Crippen molar-refractivity contribution >= 4 is 5.69 Å². The van der Waals surface area contributed by atoms with E-state index in [9.17, 15) is 0 Å². The summed E-state index contributed by atoms with van der Waals surface area (Å²) in [5, 5.41) is 4.13. The van der Waals surface area contributed by atoms with Crippen LogP contribution in [0.5, 0.6) is 11.6 Å². The number of hydrogen-bond acceptors (Lipinski definition) is 3. The molecule has 0 aliphatic rings. The molecule has 4 nitrogen and oxygen atoms in total. The lowest BCUT2D eigenvalue weighted by molar-refractivity contribution is 0.455. The zero-order chi connectivity index (χ0) is 11.7. The minimum atomic E-state index is 0.450. The highest BCUT2D eigenvalue weighted by atomic mass is 16.5. The lowest BCUT2D eigenvalue weighted by atomic mass is 10.1. The van der Waals surface area contributed by atoms with Crippen LogP contribution < -0.4 is 10.5 Å². The van der Waals surface area contributed by atoms with E-state index in [1.165, 1.54) is 11.1 Å². The van der Waals surface area contributed by atoms with Crippen molar-refractivity contribution in [2.75, 3.05) is 5.73 Å². The number of nitrogen functional groups attached to an aromatic ring is 1. The fraction of sp³-hybridized carbons (Fsp3) is 0.250. The van der Waals surface area contributed by atoms with Crippen molar-refractivity contribution in [2.24, 2.45) is 7.05 Å². The largest absolute Gasteiger partial charge is 0.436 e. The van der Waals surface area contributed by atoms with Crippen molar-refractivity contribution in [2.45, 2.75) is 13.8 Å². The second-order valence-corrected chi connectivity index (χ2v) is 3.91. The van der Waals surface area contributed by atoms with Gasteiger partial charge in [0.15, 0.2) is 0 Å². The molecule has 0 aliphatic carbocycles. The molecule has 0 bridgehead atoms. The van der Waals surface area contributed by atoms with E-state index in [0.717, 1.165) is 5.75 Å². The predicted molar refractivity (Wildman–Crippen MR) is 63.6 cm³/mol. The Morgan fingerprint density at radius 1 is 1.25 bits per heavy atom. The maximum atomic E-state index is 5.75. The molecule has 1 heterocycles. The molecular weight excluding hydrogens is 202 g/mol. The third-order valence-electron chi connectivity index (χ3n) is 2.51. The first-order valence-corrected chi connectivity index (χ1v) is 5.10. The van der Waals surface area contributed by atoms with Gasteiger partial charge in [-0.15, -0.1) is 5.10 Å². The van der Waals surface area contributed by atoms with Gasteiger partial charge in [-0.1, -0.05) is 6.07 Å². The summed E-state index contributed by atoms with van der Waals surface area (Å²) in [5.41, 5.74) is 8.72. The van der Waals surface area contributed by atoms with Gasteiger partial charge < -0.3 is 10.5 Å². The van der Waals surface area contributed by atoms with Crippen LogP contribution in [0, 0.1) is 13.8 Å². The summed E-state index contributed by atoms with van der Waals surface area (Å²) in [6.07, 6.45) is 1.72. The average Bonchev–Trinajstić information content (AvgIpc) is 2.51. The quantitative estimate of drug-likeness (QED) is 0.840. The summed E-state index contributed by atoms with van der Waals surface area (Å²) < 4.78 is 7.24. The summed E-state index contributed by atoms with van der Waals surface area (Å²) in [4.78, 5) is 0. The topological polar surface area (TPSA) is 53.1 Å². The Morgan fingerprint density at radius 3 is 2.56 bits per heavy atom. The lowest BCUT2D eigenvalue weighted by Crippen LogP contribution is -1.92. The summed E-state index contributed by atoms with van der Waals surface area (Å²) in [7, 11) is 1.81. The van der Waals surface area contributed by atoms with Crippen molar-refractivity contribution < 1.29 is 4.74 Å². The number of nitrogens with zero attached hydrogens (tertiary/aromatic N) is 2. The first-order valence-electron chi connectivity index (χ1n) is 5.10. The van der Waals surface area contributed by atoms with Crippen LogP contribution in [0.15, 0.2) is 24.4 Å². The molecule has 2 aromatic rings. The Bertz CT molecular complexity index is 517. The van der Waals surface area contributed by atoms with E-state index in [1.54, 1.807) is 10.9 Å². The molecule has 1 aromatic carbocycles. The minimum Gasteiger partial charge on any atom is -0.436 e. The van der Waals surface area contributed by atoms with Gasteiger partial charge in [-0.3, -0.25) is 4.68 Å². The van der Waals surface area contributed by atoms with Crippen LogP contribution in [0.4, 0.5) is 5.69 Å². The molecule has 0 saturated heterocycles. The van der Waals surface area contributed by atoms with Gasteiger partial charge in [0.1, 0.15) is 11.4 Å². The summed E-state index contributed by atoms with van der Waals surface area (Å²) in [5.74, 6) is 1.21. The van der Waals surface area contributed by atoms with Crippen LogP contribution in [0.1, 0.15) is 11.1 Å². The Morgan fingerprint density at radius 2 is 2.00 bits per heavy atom. The average molecular weight is 217 g/mol. The van der Waals surface area contributed by atoms with Gasteiger partial charge in [-0.05, 0) is 37.1 Å². The molecule has 0 amide bonds. The van der Waals surface area contributed by atoms with Crippen molar-refractivity contribution in [3.8, 4) is 11.6 Å². The molecule has 2 N–H and O–H groups in total. The first kappa shape index (κ1) is 10.5. The lowest BCUT2D eigenvalue weighted by Gasteiger charge is -2.05. The van der Waals surface area contributed by atoms with E-state index in [0.29, 0.717) is 11.6 Å². The molecule has 0 spiro atoms. The molecule has 2 rings (SSSR count). The molecule has 0 unspecified atom stereocenters. The number of benzene rings is 1. The van der Waals surface area contributed by atoms with Gasteiger partial charge in [0.25, 0.3) is 5.88 Å². The van der Waals surface area contributed by atoms with E-state index in [-0.39, 0.29) is 0 Å². The van der Waals surface area contributed by atoms with Crippen molar-refractivity contribution in [3.05, 3.63) is 35.5 Å². The Balaban J connectivity index is 2.27. The Labute approximate surface area is 94.6 Å². The molecule has 1 aromatic heterocycles. The normalized spacial score (nSPS) is 10.4. The molecule has 0 atom stereocenters. The molecular formula is C12H15N3O. The fourth-order valence-corrected chi connectivity index (χ4v) is 1.45. The van der Waals surface area contributed by atoms with Gasteiger partial charge in [0, 0.05) is 7.05 Å². The summed E-state index contributed by atoms with van der Waals surface area (Å²) >= 11 is 0. The molecule has 84 valence electrons. The number of rotatable bonds is 2. The highest BCUT2D eigenvalue weighted by molar-refractivity contribution is 5.48. The van der Waals surface area contributed by atoms with E-state index in [2.05, 4.69) is 12.0 Å². The maximum absolute atomic E-state index is 5.75. The third kappa shape index (κ3) is 2.00. The number of anilines is 1. The standard InChI is InChI=1S/C12H15N3O/c1-8-4-5-10(6-9(8)2)16-12-11(13)7-15(3)14-12/h4-7H,13H2,1-3H3. The zero-order valence-corrected chi connectivity index (χ0v) is 9.69. The second-order valence-electron chi connectivity index (χ2n) is 3.91. The Hall–Kier alpha value is -1.97. The van der Waals surface area contributed by atoms with E-state index >= 15 is 0 Å². The van der Waals surface area contributed by atoms with Gasteiger partial charge in [-0.25, -0.2) is 0 Å². The van der Waals surface area contributed by atoms with Crippen LogP contribution >= 0.6 is 0 Å². The highest BCUT2D eigenvalue weighted by Gasteiger charge is 2.07. The molecule has 0 saturated carbocycles. The smallest absolute Gasteiger partial charge is 0.261 e. The van der Waals surface area contributed by atoms with Crippen LogP contribution in [-0.2, 0) is 7.05 Å². The maximum Gasteiger partial charge on any atom is 0.261 e. The molecule has 4 heteroatoms. The van der Waals surface area contributed by atoms with Crippen LogP contribution in [0.3, 0.4) is 0 Å². The first-order chi connectivity index (χ1) is 7.56. The fourth-order valence-electron chi connectivity index (χ4n) is 1.45. The molecule has 0 aliphatic heterocycles. The molecule has 16 heavy (non-hydrogen) atoms. The summed E-state index contributed by atoms with van der Waals surface area (Å²) in [6.45, 7) is 4.11. The SMILES string of the molecule is Cc1ccc(Oc2nn(C)cc2N)cc1C. The van der Waals surface area contributed by atoms with Crippen LogP contribution in [0.25, 0.3) is 0 Å². The predicted octanol–water partition coefficient (Wildman–Crippen LogP) is 2.41. The van der Waals surface area contributed by atoms with Gasteiger partial charge in [-0.2, -0.15) is 0 Å². The monoisotopic (exact) mass is 217 g/mol. The van der Waals surface area contributed by atoms with Gasteiger partial charge in [0.2, 0.25) is 0 Å². The summed E-state index contributed by atoms with van der Waals surface area (Å²) in [6, 6.07) is 5.91. The van der Waals surface area contributed by atoms with Gasteiger partial charge >= 0.3 is 0 Å². The number of ether oxygens (including phenoxy) is 1. The Kier molecular flexibility index (Phi) is 2.56. The number of aromatic nitrogens is 2. The number of nitrogens with two attached hydrogens (primary N) is 1. The molecule has 0 fully saturated rings. The van der Waals surface area contributed by atoms with E-state index in [1.807, 2.05) is 32.2 Å². The van der Waals surface area contributed by atoms with E-state index < -0.39 is 0 Å². The second kappa shape index (κ2) is 3.89. The van der Waals surface area contributed by atoms with Gasteiger partial charge in [0.05, 0.1) is 6.20 Å². The number of hydrogen-bond donors (Lipinski definition) is 1. The van der Waals surface area contributed by atoms with Crippen molar-refractivity contribution in [1.82, 2.24) is 9.78 Å². The van der Waals surface area contributed by atoms with Crippen molar-refractivity contribution in [3.63, 3.8) is 0 Å². The zero-order valence-electron chi connectivity index (χ0n) is 9.69.